The van der Waals surface area contributed by atoms with Crippen LogP contribution in [0, 0.1) is 5.92 Å². The highest BCUT2D eigenvalue weighted by Gasteiger charge is 2.24. The Morgan fingerprint density at radius 2 is 1.85 bits per heavy atom. The molecule has 1 saturated heterocycles. The third-order valence-electron chi connectivity index (χ3n) is 4.32. The van der Waals surface area contributed by atoms with Gasteiger partial charge in [0, 0.05) is 51.2 Å². The standard InChI is InChI=1S/C18H25N7O/c1-14(2)4-7-19-16-12-15(22-13-23-16)17(26)24-8-10-25(11-9-24)18-20-5-3-6-21-18/h3,5-6,12-14H,4,7-11H2,1-2H3,(H,19,22,23). The highest BCUT2D eigenvalue weighted by Crippen LogP contribution is 2.13. The first-order chi connectivity index (χ1) is 12.6. The number of carbonyl (C=O) groups is 1. The zero-order chi connectivity index (χ0) is 18.4. The fourth-order valence-electron chi connectivity index (χ4n) is 2.79. The maximum Gasteiger partial charge on any atom is 0.272 e. The molecule has 8 nitrogen and oxygen atoms in total. The second-order valence-corrected chi connectivity index (χ2v) is 6.73. The van der Waals surface area contributed by atoms with Gasteiger partial charge in [0.2, 0.25) is 5.95 Å². The first-order valence-electron chi connectivity index (χ1n) is 9.00. The Morgan fingerprint density at radius 3 is 2.54 bits per heavy atom. The lowest BCUT2D eigenvalue weighted by molar-refractivity contribution is 0.0740. The van der Waals surface area contributed by atoms with E-state index in [0.717, 1.165) is 13.0 Å². The van der Waals surface area contributed by atoms with Gasteiger partial charge in [-0.25, -0.2) is 19.9 Å². The molecular formula is C18H25N7O. The van der Waals surface area contributed by atoms with Crippen molar-refractivity contribution < 1.29 is 4.79 Å². The van der Waals surface area contributed by atoms with Gasteiger partial charge in [0.15, 0.2) is 0 Å². The van der Waals surface area contributed by atoms with E-state index in [2.05, 4.69) is 44.0 Å². The van der Waals surface area contributed by atoms with Crippen LogP contribution in [0.4, 0.5) is 11.8 Å². The Labute approximate surface area is 153 Å². The van der Waals surface area contributed by atoms with Crippen LogP contribution in [0.2, 0.25) is 0 Å². The first kappa shape index (κ1) is 18.0. The van der Waals surface area contributed by atoms with Crippen molar-refractivity contribution in [3.8, 4) is 0 Å². The Bertz CT molecular complexity index is 714. The van der Waals surface area contributed by atoms with Gasteiger partial charge in [-0.15, -0.1) is 0 Å². The molecule has 2 aromatic heterocycles. The number of aromatic nitrogens is 4. The van der Waals surface area contributed by atoms with E-state index in [9.17, 15) is 4.79 Å². The molecule has 0 aliphatic carbocycles. The highest BCUT2D eigenvalue weighted by molar-refractivity contribution is 5.93. The van der Waals surface area contributed by atoms with Crippen molar-refractivity contribution in [1.29, 1.82) is 0 Å². The molecule has 26 heavy (non-hydrogen) atoms. The smallest absolute Gasteiger partial charge is 0.272 e. The van der Waals surface area contributed by atoms with E-state index in [-0.39, 0.29) is 5.91 Å². The third-order valence-corrected chi connectivity index (χ3v) is 4.32. The number of carbonyl (C=O) groups excluding carboxylic acids is 1. The summed E-state index contributed by atoms with van der Waals surface area (Å²) < 4.78 is 0. The molecule has 3 heterocycles. The summed E-state index contributed by atoms with van der Waals surface area (Å²) in [6, 6.07) is 3.53. The van der Waals surface area contributed by atoms with Crippen molar-refractivity contribution in [2.75, 3.05) is 42.9 Å². The summed E-state index contributed by atoms with van der Waals surface area (Å²) in [5.41, 5.74) is 0.427. The van der Waals surface area contributed by atoms with Crippen LogP contribution in [0.3, 0.4) is 0 Å². The van der Waals surface area contributed by atoms with E-state index in [1.54, 1.807) is 24.5 Å². The molecular weight excluding hydrogens is 330 g/mol. The quantitative estimate of drug-likeness (QED) is 0.843. The van der Waals surface area contributed by atoms with Crippen LogP contribution >= 0.6 is 0 Å². The maximum absolute atomic E-state index is 12.7. The third kappa shape index (κ3) is 4.65. The van der Waals surface area contributed by atoms with Gasteiger partial charge in [0.05, 0.1) is 0 Å². The second-order valence-electron chi connectivity index (χ2n) is 6.73. The van der Waals surface area contributed by atoms with Crippen LogP contribution in [0.15, 0.2) is 30.9 Å². The number of anilines is 2. The molecule has 8 heteroatoms. The summed E-state index contributed by atoms with van der Waals surface area (Å²) in [6.07, 6.45) is 5.96. The molecule has 0 aromatic carbocycles. The molecule has 1 N–H and O–H groups in total. The predicted molar refractivity (Wildman–Crippen MR) is 100 cm³/mol. The van der Waals surface area contributed by atoms with Crippen molar-refractivity contribution >= 4 is 17.7 Å². The van der Waals surface area contributed by atoms with Gasteiger partial charge in [-0.3, -0.25) is 4.79 Å². The molecule has 0 atom stereocenters. The van der Waals surface area contributed by atoms with E-state index in [1.165, 1.54) is 6.33 Å². The molecule has 1 amide bonds. The summed E-state index contributed by atoms with van der Waals surface area (Å²) in [4.78, 5) is 33.5. The van der Waals surface area contributed by atoms with Crippen molar-refractivity contribution in [2.24, 2.45) is 5.92 Å². The van der Waals surface area contributed by atoms with E-state index in [0.29, 0.717) is 49.6 Å². The number of piperazine rings is 1. The summed E-state index contributed by atoms with van der Waals surface area (Å²) in [7, 11) is 0. The number of hydrogen-bond donors (Lipinski definition) is 1. The van der Waals surface area contributed by atoms with Crippen LogP contribution in [0.5, 0.6) is 0 Å². The number of nitrogens with one attached hydrogen (secondary N) is 1. The molecule has 2 aromatic rings. The number of rotatable bonds is 6. The average Bonchev–Trinajstić information content (AvgIpc) is 2.68. The van der Waals surface area contributed by atoms with Gasteiger partial charge < -0.3 is 15.1 Å². The summed E-state index contributed by atoms with van der Waals surface area (Å²) in [5, 5.41) is 3.26. The van der Waals surface area contributed by atoms with Gasteiger partial charge in [0.25, 0.3) is 5.91 Å². The molecule has 1 fully saturated rings. The summed E-state index contributed by atoms with van der Waals surface area (Å²) in [5.74, 6) is 1.96. The molecule has 3 rings (SSSR count). The number of nitrogens with zero attached hydrogens (tertiary/aromatic N) is 6. The minimum absolute atomic E-state index is 0.0621. The van der Waals surface area contributed by atoms with Crippen LogP contribution in [-0.2, 0) is 0 Å². The normalized spacial score (nSPS) is 14.6. The molecule has 138 valence electrons. The van der Waals surface area contributed by atoms with E-state index in [1.807, 2.05) is 4.90 Å². The predicted octanol–water partition coefficient (Wildman–Crippen LogP) is 1.69. The lowest BCUT2D eigenvalue weighted by atomic mass is 10.1. The van der Waals surface area contributed by atoms with Crippen molar-refractivity contribution in [1.82, 2.24) is 24.8 Å². The Morgan fingerprint density at radius 1 is 1.12 bits per heavy atom. The topological polar surface area (TPSA) is 87.1 Å². The average molecular weight is 355 g/mol. The first-order valence-corrected chi connectivity index (χ1v) is 9.00. The summed E-state index contributed by atoms with van der Waals surface area (Å²) in [6.45, 7) is 7.85. The maximum atomic E-state index is 12.7. The SMILES string of the molecule is CC(C)CCNc1cc(C(=O)N2CCN(c3ncccn3)CC2)ncn1. The fraction of sp³-hybridized carbons (Fsp3) is 0.500. The summed E-state index contributed by atoms with van der Waals surface area (Å²) >= 11 is 0. The Kier molecular flexibility index (Phi) is 5.93. The zero-order valence-electron chi connectivity index (χ0n) is 15.3. The molecule has 1 aliphatic heterocycles. The van der Waals surface area contributed by atoms with Gasteiger partial charge in [-0.2, -0.15) is 0 Å². The number of hydrogen-bond acceptors (Lipinski definition) is 7. The zero-order valence-corrected chi connectivity index (χ0v) is 15.3. The molecule has 0 spiro atoms. The van der Waals surface area contributed by atoms with Gasteiger partial charge in [-0.05, 0) is 18.4 Å². The molecule has 1 aliphatic rings. The van der Waals surface area contributed by atoms with Crippen molar-refractivity contribution in [3.63, 3.8) is 0 Å². The van der Waals surface area contributed by atoms with Crippen LogP contribution in [0.1, 0.15) is 30.8 Å². The van der Waals surface area contributed by atoms with Crippen molar-refractivity contribution in [2.45, 2.75) is 20.3 Å². The van der Waals surface area contributed by atoms with Crippen molar-refractivity contribution in [3.05, 3.63) is 36.5 Å². The van der Waals surface area contributed by atoms with Crippen LogP contribution in [-0.4, -0.2) is 63.5 Å². The largest absolute Gasteiger partial charge is 0.370 e. The minimum atomic E-state index is -0.0621. The van der Waals surface area contributed by atoms with E-state index >= 15 is 0 Å². The second kappa shape index (κ2) is 8.55. The number of amides is 1. The monoisotopic (exact) mass is 355 g/mol. The van der Waals surface area contributed by atoms with E-state index < -0.39 is 0 Å². The molecule has 0 unspecified atom stereocenters. The molecule has 0 saturated carbocycles. The van der Waals surface area contributed by atoms with Gasteiger partial charge in [0.1, 0.15) is 17.8 Å². The highest BCUT2D eigenvalue weighted by atomic mass is 16.2. The lowest BCUT2D eigenvalue weighted by Gasteiger charge is -2.34. The fourth-order valence-corrected chi connectivity index (χ4v) is 2.79. The molecule has 0 radical (unpaired) electrons. The van der Waals surface area contributed by atoms with Gasteiger partial charge >= 0.3 is 0 Å². The lowest BCUT2D eigenvalue weighted by Crippen LogP contribution is -2.49. The minimum Gasteiger partial charge on any atom is -0.370 e. The van der Waals surface area contributed by atoms with Crippen LogP contribution in [0.25, 0.3) is 0 Å². The van der Waals surface area contributed by atoms with Gasteiger partial charge in [-0.1, -0.05) is 13.8 Å². The Balaban J connectivity index is 1.56. The van der Waals surface area contributed by atoms with E-state index in [4.69, 9.17) is 0 Å². The van der Waals surface area contributed by atoms with Crippen LogP contribution < -0.4 is 10.2 Å². The Hall–Kier alpha value is -2.77. The molecule has 0 bridgehead atoms.